The van der Waals surface area contributed by atoms with Crippen LogP contribution in [0.5, 0.6) is 0 Å². The third-order valence-electron chi connectivity index (χ3n) is 3.54. The highest BCUT2D eigenvalue weighted by molar-refractivity contribution is 6.02. The number of carbonyl (C=O) groups is 2. The van der Waals surface area contributed by atoms with Gasteiger partial charge in [0.25, 0.3) is 5.91 Å². The Morgan fingerprint density at radius 2 is 1.44 bits per heavy atom. The first kappa shape index (κ1) is 16.3. The Morgan fingerprint density at radius 3 is 2.08 bits per heavy atom. The zero-order valence-corrected chi connectivity index (χ0v) is 13.3. The number of nitrogens with two attached hydrogens (primary N) is 1. The predicted octanol–water partition coefficient (Wildman–Crippen LogP) is 2.60. The fourth-order valence-corrected chi connectivity index (χ4v) is 2.35. The van der Waals surface area contributed by atoms with Crippen molar-refractivity contribution < 1.29 is 14.3 Å². The van der Waals surface area contributed by atoms with E-state index in [4.69, 9.17) is 10.5 Å². The molecule has 0 aliphatic heterocycles. The second kappa shape index (κ2) is 7.35. The second-order valence-corrected chi connectivity index (χ2v) is 5.23. The summed E-state index contributed by atoms with van der Waals surface area (Å²) < 4.78 is 5.35. The molecule has 6 heteroatoms. The number of ether oxygens (including phenoxy) is 1. The van der Waals surface area contributed by atoms with Crippen LogP contribution < -0.4 is 5.73 Å². The molecule has 0 bridgehead atoms. The van der Waals surface area contributed by atoms with E-state index in [-0.39, 0.29) is 29.1 Å². The van der Waals surface area contributed by atoms with E-state index in [1.165, 1.54) is 12.4 Å². The average molecular weight is 333 g/mol. The number of rotatable bonds is 5. The van der Waals surface area contributed by atoms with Gasteiger partial charge in [0.15, 0.2) is 0 Å². The molecule has 0 aliphatic carbocycles. The number of aromatic nitrogens is 2. The summed E-state index contributed by atoms with van der Waals surface area (Å²) in [6, 6.07) is 15.7. The van der Waals surface area contributed by atoms with Gasteiger partial charge in [-0.25, -0.2) is 4.79 Å². The number of benzene rings is 1. The quantitative estimate of drug-likeness (QED) is 0.724. The van der Waals surface area contributed by atoms with Crippen molar-refractivity contribution in [3.05, 3.63) is 83.7 Å². The Balaban J connectivity index is 1.91. The molecule has 0 spiro atoms. The molecule has 0 fully saturated rings. The van der Waals surface area contributed by atoms with Crippen LogP contribution >= 0.6 is 0 Å². The summed E-state index contributed by atoms with van der Waals surface area (Å²) in [6.07, 6.45) is 3.03. The molecule has 0 saturated heterocycles. The number of carbonyl (C=O) groups excluding carboxylic acids is 2. The first-order valence-electron chi connectivity index (χ1n) is 7.58. The molecule has 0 radical (unpaired) electrons. The lowest BCUT2D eigenvalue weighted by atomic mass is 10.1. The molecule has 2 heterocycles. The van der Waals surface area contributed by atoms with Gasteiger partial charge in [-0.2, -0.15) is 0 Å². The van der Waals surface area contributed by atoms with E-state index in [9.17, 15) is 9.59 Å². The van der Waals surface area contributed by atoms with Crippen molar-refractivity contribution in [2.45, 2.75) is 6.61 Å². The topological polar surface area (TPSA) is 95.2 Å². The van der Waals surface area contributed by atoms with Gasteiger partial charge in [-0.05, 0) is 29.8 Å². The predicted molar refractivity (Wildman–Crippen MR) is 91.5 cm³/mol. The van der Waals surface area contributed by atoms with Crippen LogP contribution in [0.15, 0.2) is 67.0 Å². The van der Waals surface area contributed by atoms with Crippen molar-refractivity contribution in [2.24, 2.45) is 5.73 Å². The molecular formula is C19H15N3O3. The van der Waals surface area contributed by atoms with Gasteiger partial charge in [-0.1, -0.05) is 30.3 Å². The van der Waals surface area contributed by atoms with E-state index >= 15 is 0 Å². The summed E-state index contributed by atoms with van der Waals surface area (Å²) in [4.78, 5) is 32.5. The maximum Gasteiger partial charge on any atom is 0.340 e. The minimum absolute atomic E-state index is 0.138. The molecule has 124 valence electrons. The highest BCUT2D eigenvalue weighted by atomic mass is 16.5. The Bertz CT molecular complexity index is 911. The molecule has 3 rings (SSSR count). The van der Waals surface area contributed by atoms with E-state index in [0.29, 0.717) is 0 Å². The molecule has 2 aromatic heterocycles. The molecule has 2 N–H and O–H groups in total. The smallest absolute Gasteiger partial charge is 0.340 e. The van der Waals surface area contributed by atoms with Crippen molar-refractivity contribution in [2.75, 3.05) is 0 Å². The monoisotopic (exact) mass is 333 g/mol. The van der Waals surface area contributed by atoms with Crippen LogP contribution in [-0.4, -0.2) is 21.8 Å². The molecule has 0 atom stereocenters. The Morgan fingerprint density at radius 1 is 0.840 bits per heavy atom. The van der Waals surface area contributed by atoms with Crippen molar-refractivity contribution in [3.8, 4) is 11.4 Å². The van der Waals surface area contributed by atoms with E-state index in [2.05, 4.69) is 9.97 Å². The largest absolute Gasteiger partial charge is 0.457 e. The van der Waals surface area contributed by atoms with Crippen molar-refractivity contribution in [1.82, 2.24) is 9.97 Å². The van der Waals surface area contributed by atoms with E-state index in [1.807, 2.05) is 30.3 Å². The van der Waals surface area contributed by atoms with Gasteiger partial charge in [-0.3, -0.25) is 14.8 Å². The minimum atomic E-state index is -0.641. The molecule has 0 aliphatic rings. The van der Waals surface area contributed by atoms with Crippen molar-refractivity contribution in [3.63, 3.8) is 0 Å². The Kier molecular flexibility index (Phi) is 4.80. The maximum absolute atomic E-state index is 12.5. The van der Waals surface area contributed by atoms with E-state index in [1.54, 1.807) is 24.3 Å². The third-order valence-corrected chi connectivity index (χ3v) is 3.54. The lowest BCUT2D eigenvalue weighted by molar-refractivity contribution is 0.0473. The maximum atomic E-state index is 12.5. The molecule has 0 unspecified atom stereocenters. The number of esters is 1. The summed E-state index contributed by atoms with van der Waals surface area (Å²) >= 11 is 0. The Hall–Kier alpha value is -3.54. The van der Waals surface area contributed by atoms with Gasteiger partial charge in [0.2, 0.25) is 0 Å². The zero-order valence-electron chi connectivity index (χ0n) is 13.3. The SMILES string of the molecule is NC(=O)c1cccnc1-c1ncccc1C(=O)OCc1ccccc1. The molecule has 1 amide bonds. The van der Waals surface area contributed by atoms with Gasteiger partial charge in [-0.15, -0.1) is 0 Å². The zero-order chi connectivity index (χ0) is 17.6. The van der Waals surface area contributed by atoms with Crippen LogP contribution in [0.1, 0.15) is 26.3 Å². The van der Waals surface area contributed by atoms with Crippen molar-refractivity contribution >= 4 is 11.9 Å². The number of amides is 1. The number of hydrogen-bond donors (Lipinski definition) is 1. The van der Waals surface area contributed by atoms with Crippen molar-refractivity contribution in [1.29, 1.82) is 0 Å². The summed E-state index contributed by atoms with van der Waals surface area (Å²) in [7, 11) is 0. The molecule has 6 nitrogen and oxygen atoms in total. The van der Waals surface area contributed by atoms with Crippen LogP contribution in [0.2, 0.25) is 0 Å². The second-order valence-electron chi connectivity index (χ2n) is 5.23. The fraction of sp³-hybridized carbons (Fsp3) is 0.0526. The molecule has 25 heavy (non-hydrogen) atoms. The van der Waals surface area contributed by atoms with Crippen LogP contribution in [-0.2, 0) is 11.3 Å². The summed E-state index contributed by atoms with van der Waals surface area (Å²) in [5, 5.41) is 0. The average Bonchev–Trinajstić information content (AvgIpc) is 2.67. The highest BCUT2D eigenvalue weighted by Gasteiger charge is 2.20. The summed E-state index contributed by atoms with van der Waals surface area (Å²) in [6.45, 7) is 0.138. The Labute approximate surface area is 144 Å². The third kappa shape index (κ3) is 3.69. The number of pyridine rings is 2. The van der Waals surface area contributed by atoms with Crippen LogP contribution in [0.4, 0.5) is 0 Å². The minimum Gasteiger partial charge on any atom is -0.457 e. The van der Waals surface area contributed by atoms with Gasteiger partial charge >= 0.3 is 5.97 Å². The lowest BCUT2D eigenvalue weighted by Crippen LogP contribution is -2.15. The number of nitrogens with zero attached hydrogens (tertiary/aromatic N) is 2. The molecule has 1 aromatic carbocycles. The first-order chi connectivity index (χ1) is 12.2. The number of primary amides is 1. The summed E-state index contributed by atoms with van der Waals surface area (Å²) in [5.74, 6) is -1.19. The van der Waals surface area contributed by atoms with Crippen LogP contribution in [0.25, 0.3) is 11.4 Å². The molecular weight excluding hydrogens is 318 g/mol. The first-order valence-corrected chi connectivity index (χ1v) is 7.58. The normalized spacial score (nSPS) is 10.2. The summed E-state index contributed by atoms with van der Waals surface area (Å²) in [5.41, 5.74) is 7.19. The lowest BCUT2D eigenvalue weighted by Gasteiger charge is -2.10. The highest BCUT2D eigenvalue weighted by Crippen LogP contribution is 2.23. The van der Waals surface area contributed by atoms with Gasteiger partial charge in [0, 0.05) is 12.4 Å². The molecule has 0 saturated carbocycles. The fourth-order valence-electron chi connectivity index (χ4n) is 2.35. The van der Waals surface area contributed by atoms with E-state index < -0.39 is 11.9 Å². The van der Waals surface area contributed by atoms with Crippen LogP contribution in [0.3, 0.4) is 0 Å². The van der Waals surface area contributed by atoms with E-state index in [0.717, 1.165) is 5.56 Å². The number of hydrogen-bond acceptors (Lipinski definition) is 5. The van der Waals surface area contributed by atoms with Crippen LogP contribution in [0, 0.1) is 0 Å². The molecule has 3 aromatic rings. The van der Waals surface area contributed by atoms with Gasteiger partial charge in [0.1, 0.15) is 18.0 Å². The van der Waals surface area contributed by atoms with Gasteiger partial charge in [0.05, 0.1) is 11.1 Å². The standard InChI is InChI=1S/C19H15N3O3/c20-18(23)14-8-4-10-21-16(14)17-15(9-5-11-22-17)19(24)25-12-13-6-2-1-3-7-13/h1-11H,12H2,(H2,20,23). The van der Waals surface area contributed by atoms with Gasteiger partial charge < -0.3 is 10.5 Å².